The van der Waals surface area contributed by atoms with Crippen molar-refractivity contribution < 1.29 is 26.7 Å². The van der Waals surface area contributed by atoms with E-state index >= 15 is 0 Å². The molecule has 0 fully saturated rings. The number of benzene rings is 4. The van der Waals surface area contributed by atoms with E-state index in [4.69, 9.17) is 4.74 Å². The number of methoxy groups -OCH3 is 1. The van der Waals surface area contributed by atoms with E-state index in [1.165, 1.54) is 31.9 Å². The Morgan fingerprint density at radius 3 is 1.51 bits per heavy atom. The Morgan fingerprint density at radius 1 is 0.579 bits per heavy atom. The average molecular weight is 843 g/mol. The van der Waals surface area contributed by atoms with Gasteiger partial charge in [-0.15, -0.1) is 22.7 Å². The van der Waals surface area contributed by atoms with Crippen LogP contribution >= 0.6 is 22.7 Å². The highest BCUT2D eigenvalue weighted by Gasteiger charge is 2.35. The number of fused-ring (bicyclic) bond motifs is 4. The van der Waals surface area contributed by atoms with E-state index in [0.717, 1.165) is 31.8 Å². The summed E-state index contributed by atoms with van der Waals surface area (Å²) in [6, 6.07) is 17.6. The first-order valence-corrected chi connectivity index (χ1v) is 22.1. The molecule has 0 spiro atoms. The maximum atomic E-state index is 13.1. The highest BCUT2D eigenvalue weighted by molar-refractivity contribution is 7.93. The first-order valence-electron chi connectivity index (χ1n) is 17.4. The van der Waals surface area contributed by atoms with E-state index in [1.807, 2.05) is 36.4 Å². The molecule has 0 amide bonds. The van der Waals surface area contributed by atoms with E-state index in [9.17, 15) is 21.9 Å². The lowest BCUT2D eigenvalue weighted by Crippen LogP contribution is -2.28. The molecular formula is C39H38N8O6S4. The van der Waals surface area contributed by atoms with Gasteiger partial charge >= 0.3 is 0 Å². The fraction of sp³-hybridized carbons (Fsp3) is 0.231. The summed E-state index contributed by atoms with van der Waals surface area (Å²) in [5, 5.41) is 17.9. The van der Waals surface area contributed by atoms with Gasteiger partial charge in [0.2, 0.25) is 0 Å². The number of nitrogens with one attached hydrogen (secondary N) is 2. The van der Waals surface area contributed by atoms with Crippen LogP contribution in [0.15, 0.2) is 94.1 Å². The van der Waals surface area contributed by atoms with Crippen LogP contribution in [0.2, 0.25) is 0 Å². The van der Waals surface area contributed by atoms with Crippen LogP contribution in [-0.4, -0.2) is 68.4 Å². The van der Waals surface area contributed by atoms with Crippen molar-refractivity contribution >= 4 is 108 Å². The number of rotatable bonds is 7. The van der Waals surface area contributed by atoms with Crippen LogP contribution in [0.5, 0.6) is 11.5 Å². The van der Waals surface area contributed by atoms with E-state index in [-0.39, 0.29) is 21.3 Å². The molecule has 0 aliphatic carbocycles. The van der Waals surface area contributed by atoms with Gasteiger partial charge < -0.3 is 20.5 Å². The molecule has 0 bridgehead atoms. The van der Waals surface area contributed by atoms with Gasteiger partial charge in [-0.3, -0.25) is 0 Å². The van der Waals surface area contributed by atoms with Gasteiger partial charge in [-0.1, -0.05) is 0 Å². The molecule has 8 aromatic rings. The molecule has 57 heavy (non-hydrogen) atoms. The second kappa shape index (κ2) is 14.7. The van der Waals surface area contributed by atoms with E-state index in [2.05, 4.69) is 40.5 Å². The second-order valence-electron chi connectivity index (χ2n) is 14.9. The maximum Gasteiger partial charge on any atom is 0.186 e. The molecule has 0 saturated carbocycles. The summed E-state index contributed by atoms with van der Waals surface area (Å²) < 4.78 is 57.5. The smallest absolute Gasteiger partial charge is 0.186 e. The fourth-order valence-electron chi connectivity index (χ4n) is 5.72. The third-order valence-corrected chi connectivity index (χ3v) is 15.7. The minimum atomic E-state index is -3.75. The topological polar surface area (TPSA) is 199 Å². The number of hydrogen-bond donors (Lipinski definition) is 3. The Balaban J connectivity index is 0.000000174. The Kier molecular flexibility index (Phi) is 10.3. The standard InChI is InChI=1S/C20H20N4O3S2.C19H18N4O3S2/c1-20(2,3)29(25,26)18-8-13-14(9-16(18)27-4)21-10-22-19(13)24-12-5-6-17-15(7-12)23-11-28-17;1-19(2,3)28(25,26)17-7-12-13(8-15(17)24)20-9-21-18(12)23-11-4-5-16-14(6-11)22-10-27-16/h5-11H,1-4H3,(H,21,22,24);4-10,24H,1-3H3,(H,20,21,23). The molecule has 4 heterocycles. The number of thiazole rings is 2. The number of phenolic OH excluding ortho intramolecular Hbond substituents is 1. The second-order valence-corrected chi connectivity index (χ2v) is 22.0. The average Bonchev–Trinajstić information content (AvgIpc) is 3.83. The Labute approximate surface area is 336 Å². The van der Waals surface area contributed by atoms with Gasteiger partial charge in [0.25, 0.3) is 0 Å². The summed E-state index contributed by atoms with van der Waals surface area (Å²) in [5.74, 6) is 0.902. The van der Waals surface area contributed by atoms with Crippen LogP contribution < -0.4 is 15.4 Å². The number of nitrogens with zero attached hydrogens (tertiary/aromatic N) is 6. The quantitative estimate of drug-likeness (QED) is 0.137. The number of aromatic hydroxyl groups is 1. The number of sulfone groups is 2. The molecule has 8 rings (SSSR count). The van der Waals surface area contributed by atoms with Crippen LogP contribution in [0.1, 0.15) is 41.5 Å². The molecule has 0 unspecified atom stereocenters. The van der Waals surface area contributed by atoms with Crippen LogP contribution in [0.25, 0.3) is 42.2 Å². The van der Waals surface area contributed by atoms with Crippen molar-refractivity contribution in [2.45, 2.75) is 60.8 Å². The minimum Gasteiger partial charge on any atom is -0.507 e. The highest BCUT2D eigenvalue weighted by atomic mass is 32.2. The number of aromatic nitrogens is 6. The largest absolute Gasteiger partial charge is 0.507 e. The molecule has 4 aromatic heterocycles. The van der Waals surface area contributed by atoms with Crippen molar-refractivity contribution in [3.63, 3.8) is 0 Å². The van der Waals surface area contributed by atoms with Gasteiger partial charge in [0, 0.05) is 34.3 Å². The molecule has 4 aromatic carbocycles. The van der Waals surface area contributed by atoms with E-state index in [0.29, 0.717) is 33.4 Å². The zero-order valence-electron chi connectivity index (χ0n) is 31.9. The number of anilines is 4. The first-order chi connectivity index (χ1) is 26.9. The van der Waals surface area contributed by atoms with Crippen molar-refractivity contribution in [3.8, 4) is 11.5 Å². The summed E-state index contributed by atoms with van der Waals surface area (Å²) in [7, 11) is -5.94. The Bertz CT molecular complexity index is 3050. The summed E-state index contributed by atoms with van der Waals surface area (Å²) in [5.41, 5.74) is 7.93. The third-order valence-electron chi connectivity index (χ3n) is 9.01. The van der Waals surface area contributed by atoms with Crippen LogP contribution in [0.3, 0.4) is 0 Å². The van der Waals surface area contributed by atoms with Crippen LogP contribution in [0, 0.1) is 0 Å². The Morgan fingerprint density at radius 2 is 1.04 bits per heavy atom. The van der Waals surface area contributed by atoms with Crippen molar-refractivity contribution in [1.82, 2.24) is 29.9 Å². The molecule has 18 heteroatoms. The maximum absolute atomic E-state index is 13.1. The highest BCUT2D eigenvalue weighted by Crippen LogP contribution is 2.38. The molecule has 3 N–H and O–H groups in total. The molecule has 0 radical (unpaired) electrons. The van der Waals surface area contributed by atoms with E-state index in [1.54, 1.807) is 87.4 Å². The van der Waals surface area contributed by atoms with Crippen molar-refractivity contribution in [2.24, 2.45) is 0 Å². The molecule has 0 aliphatic rings. The molecule has 14 nitrogen and oxygen atoms in total. The van der Waals surface area contributed by atoms with Gasteiger partial charge in [0.15, 0.2) is 19.7 Å². The van der Waals surface area contributed by atoms with Gasteiger partial charge in [0.05, 0.1) is 59.1 Å². The van der Waals surface area contributed by atoms with Crippen molar-refractivity contribution in [3.05, 3.63) is 84.3 Å². The lowest BCUT2D eigenvalue weighted by molar-refractivity contribution is 0.402. The summed E-state index contributed by atoms with van der Waals surface area (Å²) >= 11 is 3.13. The monoisotopic (exact) mass is 842 g/mol. The fourth-order valence-corrected chi connectivity index (χ4v) is 9.65. The lowest BCUT2D eigenvalue weighted by atomic mass is 10.2. The molecule has 294 valence electrons. The zero-order chi connectivity index (χ0) is 40.9. The zero-order valence-corrected chi connectivity index (χ0v) is 35.2. The van der Waals surface area contributed by atoms with Gasteiger partial charge in [0.1, 0.15) is 45.6 Å². The predicted molar refractivity (Wildman–Crippen MR) is 227 cm³/mol. The molecule has 0 saturated heterocycles. The third kappa shape index (κ3) is 7.64. The van der Waals surface area contributed by atoms with Crippen LogP contribution in [-0.2, 0) is 19.7 Å². The Hall–Kier alpha value is -5.56. The number of hydrogen-bond acceptors (Lipinski definition) is 16. The number of phenols is 1. The van der Waals surface area contributed by atoms with Crippen molar-refractivity contribution in [1.29, 1.82) is 0 Å². The minimum absolute atomic E-state index is 0.118. The van der Waals surface area contributed by atoms with Gasteiger partial charge in [-0.05, 0) is 90.1 Å². The SMILES string of the molecule is CC(C)(C)S(=O)(=O)c1cc2c(Nc3ccc4scnc4c3)ncnc2cc1O.COc1cc2ncnc(Nc3ccc4scnc4c3)c2cc1S(=O)(=O)C(C)(C)C. The molecular weight excluding hydrogens is 805 g/mol. The van der Waals surface area contributed by atoms with Gasteiger partial charge in [-0.25, -0.2) is 46.7 Å². The lowest BCUT2D eigenvalue weighted by Gasteiger charge is -2.21. The molecule has 0 aliphatic heterocycles. The predicted octanol–water partition coefficient (Wildman–Crippen LogP) is 8.82. The van der Waals surface area contributed by atoms with Crippen LogP contribution in [0.4, 0.5) is 23.0 Å². The summed E-state index contributed by atoms with van der Waals surface area (Å²) in [6.07, 6.45) is 2.80. The first kappa shape index (κ1) is 39.7. The van der Waals surface area contributed by atoms with Gasteiger partial charge in [-0.2, -0.15) is 0 Å². The number of ether oxygens (including phenoxy) is 1. The van der Waals surface area contributed by atoms with Crippen molar-refractivity contribution in [2.75, 3.05) is 17.7 Å². The van der Waals surface area contributed by atoms with E-state index < -0.39 is 29.2 Å². The summed E-state index contributed by atoms with van der Waals surface area (Å²) in [6.45, 7) is 9.77. The molecule has 0 atom stereocenters. The normalized spacial score (nSPS) is 12.5. The summed E-state index contributed by atoms with van der Waals surface area (Å²) in [4.78, 5) is 25.7.